The van der Waals surface area contributed by atoms with Crippen LogP contribution in [0.1, 0.15) is 28.7 Å². The summed E-state index contributed by atoms with van der Waals surface area (Å²) in [6.07, 6.45) is 0. The van der Waals surface area contributed by atoms with Crippen molar-refractivity contribution in [1.29, 1.82) is 0 Å². The number of rotatable bonds is 4. The van der Waals surface area contributed by atoms with Crippen molar-refractivity contribution in [3.05, 3.63) is 57.8 Å². The van der Waals surface area contributed by atoms with Crippen molar-refractivity contribution in [2.45, 2.75) is 20.8 Å². The molecule has 0 aliphatic heterocycles. The number of aromatic nitrogens is 2. The van der Waals surface area contributed by atoms with Crippen LogP contribution in [-0.2, 0) is 4.74 Å². The summed E-state index contributed by atoms with van der Waals surface area (Å²) in [6.45, 7) is 6.08. The van der Waals surface area contributed by atoms with Crippen LogP contribution in [0.15, 0.2) is 40.9 Å². The third kappa shape index (κ3) is 3.64. The van der Waals surface area contributed by atoms with Crippen molar-refractivity contribution in [1.82, 2.24) is 9.97 Å². The Kier molecular flexibility index (Phi) is 4.99. The lowest BCUT2D eigenvalue weighted by atomic mass is 10.1. The number of aryl methyl sites for hydroxylation is 2. The van der Waals surface area contributed by atoms with E-state index in [0.717, 1.165) is 26.7 Å². The Morgan fingerprint density at radius 3 is 2.52 bits per heavy atom. The number of ether oxygens (including phenoxy) is 1. The maximum atomic E-state index is 12.1. The van der Waals surface area contributed by atoms with Gasteiger partial charge in [-0.3, -0.25) is 0 Å². The molecular weight excluding hydrogens is 382 g/mol. The topological polar surface area (TPSA) is 64.1 Å². The van der Waals surface area contributed by atoms with Crippen molar-refractivity contribution < 1.29 is 9.53 Å². The van der Waals surface area contributed by atoms with Crippen LogP contribution in [0.25, 0.3) is 10.9 Å². The van der Waals surface area contributed by atoms with Gasteiger partial charge in [-0.25, -0.2) is 14.8 Å². The summed E-state index contributed by atoms with van der Waals surface area (Å²) in [5, 5.41) is 4.21. The van der Waals surface area contributed by atoms with Crippen molar-refractivity contribution in [3.63, 3.8) is 0 Å². The van der Waals surface area contributed by atoms with Crippen LogP contribution < -0.4 is 5.32 Å². The largest absolute Gasteiger partial charge is 0.460 e. The fourth-order valence-electron chi connectivity index (χ4n) is 2.69. The quantitative estimate of drug-likeness (QED) is 0.630. The van der Waals surface area contributed by atoms with Crippen LogP contribution in [0.3, 0.4) is 0 Å². The minimum absolute atomic E-state index is 0.0514. The van der Waals surface area contributed by atoms with E-state index >= 15 is 0 Å². The number of hydrogen-bond acceptors (Lipinski definition) is 5. The number of nitrogens with one attached hydrogen (secondary N) is 1. The first-order chi connectivity index (χ1) is 12.0. The van der Waals surface area contributed by atoms with Gasteiger partial charge in [0.15, 0.2) is 0 Å². The average Bonchev–Trinajstić information content (AvgIpc) is 2.58. The standard InChI is InChI=1S/C19H18BrN3O2/c1-4-25-19(24)18-21-15-8-6-5-7-14(15)17(23-18)22-16-11(2)9-13(20)10-12(16)3/h5-10H,4H2,1-3H3,(H,21,22,23). The normalized spacial score (nSPS) is 10.7. The molecule has 2 aromatic carbocycles. The minimum atomic E-state index is -0.527. The first-order valence-corrected chi connectivity index (χ1v) is 8.76. The smallest absolute Gasteiger partial charge is 0.376 e. The van der Waals surface area contributed by atoms with Crippen LogP contribution in [0.2, 0.25) is 0 Å². The third-order valence-electron chi connectivity index (χ3n) is 3.80. The average molecular weight is 400 g/mol. The van der Waals surface area contributed by atoms with E-state index in [1.807, 2.05) is 50.2 Å². The van der Waals surface area contributed by atoms with E-state index < -0.39 is 5.97 Å². The molecule has 0 aliphatic rings. The highest BCUT2D eigenvalue weighted by Gasteiger charge is 2.16. The Labute approximate surface area is 154 Å². The summed E-state index contributed by atoms with van der Waals surface area (Å²) in [4.78, 5) is 20.8. The number of esters is 1. The zero-order valence-electron chi connectivity index (χ0n) is 14.3. The van der Waals surface area contributed by atoms with Crippen molar-refractivity contribution in [3.8, 4) is 0 Å². The molecule has 128 valence electrons. The summed E-state index contributed by atoms with van der Waals surface area (Å²) in [6, 6.07) is 11.6. The molecule has 6 heteroatoms. The maximum Gasteiger partial charge on any atom is 0.376 e. The molecule has 25 heavy (non-hydrogen) atoms. The highest BCUT2D eigenvalue weighted by atomic mass is 79.9. The molecule has 5 nitrogen and oxygen atoms in total. The number of benzene rings is 2. The second-order valence-electron chi connectivity index (χ2n) is 5.67. The molecule has 0 aliphatic carbocycles. The molecule has 0 saturated carbocycles. The first-order valence-electron chi connectivity index (χ1n) is 7.97. The predicted molar refractivity (Wildman–Crippen MR) is 102 cm³/mol. The number of para-hydroxylation sites is 1. The first kappa shape index (κ1) is 17.4. The summed E-state index contributed by atoms with van der Waals surface area (Å²) in [5.74, 6) is 0.109. The number of hydrogen-bond donors (Lipinski definition) is 1. The fraction of sp³-hybridized carbons (Fsp3) is 0.211. The predicted octanol–water partition coefficient (Wildman–Crippen LogP) is 4.93. The number of carbonyl (C=O) groups excluding carboxylic acids is 1. The third-order valence-corrected chi connectivity index (χ3v) is 4.26. The Morgan fingerprint density at radius 2 is 1.84 bits per heavy atom. The lowest BCUT2D eigenvalue weighted by molar-refractivity contribution is 0.0512. The number of fused-ring (bicyclic) bond motifs is 1. The zero-order chi connectivity index (χ0) is 18.0. The minimum Gasteiger partial charge on any atom is -0.460 e. The summed E-state index contributed by atoms with van der Waals surface area (Å²) < 4.78 is 6.07. The molecule has 0 amide bonds. The molecule has 0 saturated heterocycles. The Bertz CT molecular complexity index is 934. The van der Waals surface area contributed by atoms with Crippen LogP contribution in [0.4, 0.5) is 11.5 Å². The molecule has 0 unspecified atom stereocenters. The maximum absolute atomic E-state index is 12.1. The highest BCUT2D eigenvalue weighted by molar-refractivity contribution is 9.10. The SMILES string of the molecule is CCOC(=O)c1nc(Nc2c(C)cc(Br)cc2C)c2ccccc2n1. The molecule has 3 rings (SSSR count). The van der Waals surface area contributed by atoms with Gasteiger partial charge in [0.25, 0.3) is 0 Å². The van der Waals surface area contributed by atoms with Crippen LogP contribution in [0, 0.1) is 13.8 Å². The van der Waals surface area contributed by atoms with E-state index in [1.165, 1.54) is 0 Å². The number of halogens is 1. The molecular formula is C19H18BrN3O2. The number of nitrogens with zero attached hydrogens (tertiary/aromatic N) is 2. The molecule has 0 bridgehead atoms. The second-order valence-corrected chi connectivity index (χ2v) is 6.59. The van der Waals surface area contributed by atoms with Gasteiger partial charge in [-0.15, -0.1) is 0 Å². The lowest BCUT2D eigenvalue weighted by Gasteiger charge is -2.15. The van der Waals surface area contributed by atoms with E-state index in [9.17, 15) is 4.79 Å². The van der Waals surface area contributed by atoms with Crippen LogP contribution >= 0.6 is 15.9 Å². The van der Waals surface area contributed by atoms with E-state index in [0.29, 0.717) is 11.3 Å². The summed E-state index contributed by atoms with van der Waals surface area (Å²) in [5.41, 5.74) is 3.80. The van der Waals surface area contributed by atoms with E-state index in [-0.39, 0.29) is 12.4 Å². The van der Waals surface area contributed by atoms with Crippen molar-refractivity contribution in [2.24, 2.45) is 0 Å². The van der Waals surface area contributed by atoms with E-state index in [1.54, 1.807) is 6.92 Å². The molecule has 0 spiro atoms. The van der Waals surface area contributed by atoms with Gasteiger partial charge in [-0.1, -0.05) is 28.1 Å². The van der Waals surface area contributed by atoms with Gasteiger partial charge in [0.05, 0.1) is 12.1 Å². The highest BCUT2D eigenvalue weighted by Crippen LogP contribution is 2.30. The van der Waals surface area contributed by atoms with Gasteiger partial charge in [0, 0.05) is 15.5 Å². The van der Waals surface area contributed by atoms with Gasteiger partial charge < -0.3 is 10.1 Å². The Hall–Kier alpha value is -2.47. The fourth-order valence-corrected chi connectivity index (χ4v) is 3.37. The van der Waals surface area contributed by atoms with Crippen LogP contribution in [-0.4, -0.2) is 22.5 Å². The van der Waals surface area contributed by atoms with E-state index in [4.69, 9.17) is 4.74 Å². The molecule has 1 aromatic heterocycles. The molecule has 0 radical (unpaired) electrons. The monoisotopic (exact) mass is 399 g/mol. The number of anilines is 2. The van der Waals surface area contributed by atoms with Crippen LogP contribution in [0.5, 0.6) is 0 Å². The van der Waals surface area contributed by atoms with Gasteiger partial charge in [0.1, 0.15) is 5.82 Å². The van der Waals surface area contributed by atoms with Gasteiger partial charge >= 0.3 is 5.97 Å². The van der Waals surface area contributed by atoms with Gasteiger partial charge in [0.2, 0.25) is 5.82 Å². The molecule has 1 heterocycles. The van der Waals surface area contributed by atoms with Gasteiger partial charge in [-0.2, -0.15) is 0 Å². The van der Waals surface area contributed by atoms with Crippen molar-refractivity contribution >= 4 is 44.3 Å². The molecule has 3 aromatic rings. The van der Waals surface area contributed by atoms with Crippen molar-refractivity contribution in [2.75, 3.05) is 11.9 Å². The Morgan fingerprint density at radius 1 is 1.16 bits per heavy atom. The van der Waals surface area contributed by atoms with Gasteiger partial charge in [-0.05, 0) is 56.2 Å². The van der Waals surface area contributed by atoms with E-state index in [2.05, 4.69) is 31.2 Å². The second kappa shape index (κ2) is 7.19. The summed E-state index contributed by atoms with van der Waals surface area (Å²) >= 11 is 3.51. The summed E-state index contributed by atoms with van der Waals surface area (Å²) in [7, 11) is 0. The number of carbonyl (C=O) groups is 1. The molecule has 1 N–H and O–H groups in total. The Balaban J connectivity index is 2.13. The molecule has 0 atom stereocenters. The molecule has 0 fully saturated rings. The lowest BCUT2D eigenvalue weighted by Crippen LogP contribution is -2.12. The zero-order valence-corrected chi connectivity index (χ0v) is 15.8.